The SMILES string of the molecule is CCCCCCCCCCCCCCCCCCOOC(=O)c1ccc(OC)cc1. The van der Waals surface area contributed by atoms with Gasteiger partial charge in [-0.05, 0) is 30.7 Å². The zero-order valence-electron chi connectivity index (χ0n) is 19.5. The Morgan fingerprint density at radius 2 is 1.10 bits per heavy atom. The van der Waals surface area contributed by atoms with Gasteiger partial charge in [0.15, 0.2) is 0 Å². The van der Waals surface area contributed by atoms with Gasteiger partial charge < -0.3 is 4.74 Å². The van der Waals surface area contributed by atoms with Crippen LogP contribution >= 0.6 is 0 Å². The van der Waals surface area contributed by atoms with Gasteiger partial charge in [-0.2, -0.15) is 4.89 Å². The maximum atomic E-state index is 11.8. The van der Waals surface area contributed by atoms with Crippen LogP contribution in [0.25, 0.3) is 0 Å². The lowest BCUT2D eigenvalue weighted by Crippen LogP contribution is -2.07. The zero-order valence-corrected chi connectivity index (χ0v) is 19.5. The summed E-state index contributed by atoms with van der Waals surface area (Å²) >= 11 is 0. The molecular formula is C26H44O4. The molecule has 4 nitrogen and oxygen atoms in total. The summed E-state index contributed by atoms with van der Waals surface area (Å²) in [6.45, 7) is 2.74. The number of benzene rings is 1. The quantitative estimate of drug-likeness (QED) is 0.122. The van der Waals surface area contributed by atoms with Crippen molar-refractivity contribution in [1.29, 1.82) is 0 Å². The molecule has 0 atom stereocenters. The van der Waals surface area contributed by atoms with E-state index in [-0.39, 0.29) is 0 Å². The average molecular weight is 421 g/mol. The Morgan fingerprint density at radius 1 is 0.667 bits per heavy atom. The standard InChI is InChI=1S/C26H44O4/c1-3-4-5-6-7-8-9-10-11-12-13-14-15-16-17-18-23-29-30-26(27)24-19-21-25(28-2)22-20-24/h19-22H,3-18,23H2,1-2H3. The number of carbonyl (C=O) groups excluding carboxylic acids is 1. The van der Waals surface area contributed by atoms with Crippen molar-refractivity contribution in [2.24, 2.45) is 0 Å². The lowest BCUT2D eigenvalue weighted by molar-refractivity contribution is -0.241. The maximum Gasteiger partial charge on any atom is 0.373 e. The van der Waals surface area contributed by atoms with Crippen molar-refractivity contribution in [2.75, 3.05) is 13.7 Å². The number of carbonyl (C=O) groups is 1. The van der Waals surface area contributed by atoms with E-state index in [1.54, 1.807) is 31.4 Å². The summed E-state index contributed by atoms with van der Waals surface area (Å²) in [4.78, 5) is 21.7. The molecule has 0 saturated heterocycles. The minimum atomic E-state index is -0.464. The Bertz CT molecular complexity index is 512. The molecule has 0 fully saturated rings. The second-order valence-electron chi connectivity index (χ2n) is 8.22. The number of unbranched alkanes of at least 4 members (excludes halogenated alkanes) is 15. The van der Waals surface area contributed by atoms with Crippen LogP contribution < -0.4 is 4.74 Å². The lowest BCUT2D eigenvalue weighted by atomic mass is 10.0. The molecule has 0 aliphatic rings. The van der Waals surface area contributed by atoms with E-state index < -0.39 is 5.97 Å². The van der Waals surface area contributed by atoms with Crippen LogP contribution in [-0.2, 0) is 9.78 Å². The lowest BCUT2D eigenvalue weighted by Gasteiger charge is -2.05. The fourth-order valence-electron chi connectivity index (χ4n) is 3.58. The highest BCUT2D eigenvalue weighted by atomic mass is 17.2. The first kappa shape index (κ1) is 26.5. The third kappa shape index (κ3) is 14.4. The van der Waals surface area contributed by atoms with Gasteiger partial charge >= 0.3 is 5.97 Å². The van der Waals surface area contributed by atoms with Crippen LogP contribution in [0.15, 0.2) is 24.3 Å². The Morgan fingerprint density at radius 3 is 1.53 bits per heavy atom. The average Bonchev–Trinajstić information content (AvgIpc) is 2.78. The van der Waals surface area contributed by atoms with Crippen molar-refractivity contribution in [3.05, 3.63) is 29.8 Å². The molecule has 0 spiro atoms. The van der Waals surface area contributed by atoms with Crippen molar-refractivity contribution < 1.29 is 19.3 Å². The maximum absolute atomic E-state index is 11.8. The van der Waals surface area contributed by atoms with E-state index in [1.165, 1.54) is 89.9 Å². The highest BCUT2D eigenvalue weighted by Crippen LogP contribution is 2.14. The highest BCUT2D eigenvalue weighted by molar-refractivity contribution is 5.89. The Balaban J connectivity index is 1.79. The fourth-order valence-corrected chi connectivity index (χ4v) is 3.58. The van der Waals surface area contributed by atoms with E-state index in [4.69, 9.17) is 14.5 Å². The Hall–Kier alpha value is -1.55. The molecule has 0 aromatic heterocycles. The van der Waals surface area contributed by atoms with E-state index in [2.05, 4.69) is 6.92 Å². The van der Waals surface area contributed by atoms with Crippen molar-refractivity contribution >= 4 is 5.97 Å². The van der Waals surface area contributed by atoms with Crippen LogP contribution in [0.1, 0.15) is 120 Å². The van der Waals surface area contributed by atoms with Gasteiger partial charge in [0.1, 0.15) is 5.75 Å². The van der Waals surface area contributed by atoms with Gasteiger partial charge in [-0.1, -0.05) is 103 Å². The van der Waals surface area contributed by atoms with Gasteiger partial charge in [0.25, 0.3) is 0 Å². The second-order valence-corrected chi connectivity index (χ2v) is 8.22. The molecule has 1 aromatic carbocycles. The third-order valence-electron chi connectivity index (χ3n) is 5.54. The molecule has 4 heteroatoms. The molecule has 1 rings (SSSR count). The number of rotatable bonds is 20. The number of ether oxygens (including phenoxy) is 1. The van der Waals surface area contributed by atoms with E-state index in [0.717, 1.165) is 12.8 Å². The summed E-state index contributed by atoms with van der Waals surface area (Å²) in [6.07, 6.45) is 21.4. The molecular weight excluding hydrogens is 376 g/mol. The largest absolute Gasteiger partial charge is 0.497 e. The van der Waals surface area contributed by atoms with Crippen molar-refractivity contribution in [1.82, 2.24) is 0 Å². The van der Waals surface area contributed by atoms with Crippen molar-refractivity contribution in [2.45, 2.75) is 110 Å². The third-order valence-corrected chi connectivity index (χ3v) is 5.54. The monoisotopic (exact) mass is 420 g/mol. The molecule has 0 heterocycles. The number of methoxy groups -OCH3 is 1. The van der Waals surface area contributed by atoms with Crippen LogP contribution in [0.5, 0.6) is 5.75 Å². The normalized spacial score (nSPS) is 10.9. The summed E-state index contributed by atoms with van der Waals surface area (Å²) in [5.74, 6) is 0.245. The number of hydrogen-bond acceptors (Lipinski definition) is 4. The Labute approximate surface area is 184 Å². The molecule has 0 radical (unpaired) electrons. The van der Waals surface area contributed by atoms with Crippen LogP contribution in [0.4, 0.5) is 0 Å². The summed E-state index contributed by atoms with van der Waals surface area (Å²) < 4.78 is 5.07. The summed E-state index contributed by atoms with van der Waals surface area (Å²) in [5.41, 5.74) is 0.461. The predicted molar refractivity (Wildman–Crippen MR) is 124 cm³/mol. The van der Waals surface area contributed by atoms with E-state index >= 15 is 0 Å². The van der Waals surface area contributed by atoms with Gasteiger partial charge in [0.05, 0.1) is 19.3 Å². The molecule has 30 heavy (non-hydrogen) atoms. The van der Waals surface area contributed by atoms with Crippen LogP contribution in [0.2, 0.25) is 0 Å². The molecule has 0 saturated carbocycles. The molecule has 172 valence electrons. The first-order valence-corrected chi connectivity index (χ1v) is 12.3. The minimum absolute atomic E-state index is 0.459. The van der Waals surface area contributed by atoms with Crippen LogP contribution in [0, 0.1) is 0 Å². The number of hydrogen-bond donors (Lipinski definition) is 0. The molecule has 0 aliphatic carbocycles. The smallest absolute Gasteiger partial charge is 0.373 e. The predicted octanol–water partition coefficient (Wildman–Crippen LogP) is 8.05. The highest BCUT2D eigenvalue weighted by Gasteiger charge is 2.08. The molecule has 1 aromatic rings. The minimum Gasteiger partial charge on any atom is -0.497 e. The molecule has 0 amide bonds. The first-order valence-electron chi connectivity index (χ1n) is 12.3. The summed E-state index contributed by atoms with van der Waals surface area (Å²) in [6, 6.07) is 6.79. The van der Waals surface area contributed by atoms with Gasteiger partial charge in [0, 0.05) is 0 Å². The Kier molecular flexibility index (Phi) is 17.1. The van der Waals surface area contributed by atoms with E-state index in [0.29, 0.717) is 17.9 Å². The van der Waals surface area contributed by atoms with E-state index in [9.17, 15) is 4.79 Å². The van der Waals surface area contributed by atoms with E-state index in [1.807, 2.05) is 0 Å². The fraction of sp³-hybridized carbons (Fsp3) is 0.731. The molecule has 0 bridgehead atoms. The molecule has 0 unspecified atom stereocenters. The second kappa shape index (κ2) is 19.4. The zero-order chi connectivity index (χ0) is 21.7. The summed E-state index contributed by atoms with van der Waals surface area (Å²) in [7, 11) is 1.59. The van der Waals surface area contributed by atoms with Crippen LogP contribution in [0.3, 0.4) is 0 Å². The first-order chi connectivity index (χ1) is 14.8. The topological polar surface area (TPSA) is 44.8 Å². The van der Waals surface area contributed by atoms with Gasteiger partial charge in [-0.3, -0.25) is 4.89 Å². The van der Waals surface area contributed by atoms with Crippen LogP contribution in [-0.4, -0.2) is 19.7 Å². The summed E-state index contributed by atoms with van der Waals surface area (Å²) in [5, 5.41) is 0. The molecule has 0 aliphatic heterocycles. The molecule has 0 N–H and O–H groups in total. The van der Waals surface area contributed by atoms with Crippen molar-refractivity contribution in [3.8, 4) is 5.75 Å². The van der Waals surface area contributed by atoms with Gasteiger partial charge in [0.2, 0.25) is 0 Å². The van der Waals surface area contributed by atoms with Crippen molar-refractivity contribution in [3.63, 3.8) is 0 Å². The van der Waals surface area contributed by atoms with Gasteiger partial charge in [-0.25, -0.2) is 4.79 Å². The van der Waals surface area contributed by atoms with Gasteiger partial charge in [-0.15, -0.1) is 0 Å².